The minimum Gasteiger partial charge on any atom is -0.343 e. The monoisotopic (exact) mass is 193 g/mol. The zero-order valence-corrected chi connectivity index (χ0v) is 8.74. The summed E-state index contributed by atoms with van der Waals surface area (Å²) in [6, 6.07) is 0. The van der Waals surface area contributed by atoms with Crippen molar-refractivity contribution < 1.29 is 4.79 Å². The fourth-order valence-corrected chi connectivity index (χ4v) is 2.36. The van der Waals surface area contributed by atoms with Crippen LogP contribution in [0, 0.1) is 5.92 Å². The van der Waals surface area contributed by atoms with Crippen molar-refractivity contribution in [2.75, 3.05) is 13.1 Å². The van der Waals surface area contributed by atoms with Gasteiger partial charge in [-0.15, -0.1) is 0 Å². The Bertz CT molecular complexity index is 228. The second-order valence-corrected chi connectivity index (χ2v) is 4.41. The Morgan fingerprint density at radius 3 is 2.71 bits per heavy atom. The molecule has 0 N–H and O–H groups in total. The molecule has 1 unspecified atom stereocenters. The van der Waals surface area contributed by atoms with Crippen LogP contribution in [0.1, 0.15) is 38.5 Å². The van der Waals surface area contributed by atoms with Crippen LogP contribution in [0.25, 0.3) is 0 Å². The van der Waals surface area contributed by atoms with Crippen molar-refractivity contribution in [1.29, 1.82) is 0 Å². The standard InChI is InChI=1S/C12H19NO/c14-12(10-11-6-2-3-7-11)13-8-4-1-5-9-13/h2,6,11H,1,3-5,7-10H2. The SMILES string of the molecule is O=C(CC1C=CCC1)N1CCCCC1. The summed E-state index contributed by atoms with van der Waals surface area (Å²) >= 11 is 0. The first-order valence-corrected chi connectivity index (χ1v) is 5.81. The average Bonchev–Trinajstić information content (AvgIpc) is 2.72. The molecule has 2 nitrogen and oxygen atoms in total. The van der Waals surface area contributed by atoms with Gasteiger partial charge < -0.3 is 4.90 Å². The Kier molecular flexibility index (Phi) is 3.22. The van der Waals surface area contributed by atoms with E-state index in [4.69, 9.17) is 0 Å². The predicted molar refractivity (Wildman–Crippen MR) is 56.9 cm³/mol. The zero-order valence-electron chi connectivity index (χ0n) is 8.74. The van der Waals surface area contributed by atoms with Crippen LogP contribution in [-0.4, -0.2) is 23.9 Å². The molecular weight excluding hydrogens is 174 g/mol. The lowest BCUT2D eigenvalue weighted by atomic mass is 10.0. The summed E-state index contributed by atoms with van der Waals surface area (Å²) in [5, 5.41) is 0. The molecule has 14 heavy (non-hydrogen) atoms. The fraction of sp³-hybridized carbons (Fsp3) is 0.750. The number of hydrogen-bond donors (Lipinski definition) is 0. The summed E-state index contributed by atoms with van der Waals surface area (Å²) in [7, 11) is 0. The van der Waals surface area contributed by atoms with E-state index in [0.29, 0.717) is 11.8 Å². The molecule has 0 bridgehead atoms. The molecule has 1 fully saturated rings. The van der Waals surface area contributed by atoms with E-state index in [1.807, 2.05) is 0 Å². The number of rotatable bonds is 2. The van der Waals surface area contributed by atoms with Gasteiger partial charge >= 0.3 is 0 Å². The van der Waals surface area contributed by atoms with E-state index in [1.165, 1.54) is 25.7 Å². The third-order valence-corrected chi connectivity index (χ3v) is 3.26. The number of nitrogens with zero attached hydrogens (tertiary/aromatic N) is 1. The van der Waals surface area contributed by atoms with Crippen LogP contribution in [-0.2, 0) is 4.79 Å². The first-order valence-electron chi connectivity index (χ1n) is 5.81. The van der Waals surface area contributed by atoms with Crippen molar-refractivity contribution in [3.05, 3.63) is 12.2 Å². The van der Waals surface area contributed by atoms with Gasteiger partial charge in [-0.1, -0.05) is 12.2 Å². The maximum Gasteiger partial charge on any atom is 0.223 e. The topological polar surface area (TPSA) is 20.3 Å². The molecule has 0 radical (unpaired) electrons. The van der Waals surface area contributed by atoms with Crippen LogP contribution >= 0.6 is 0 Å². The summed E-state index contributed by atoms with van der Waals surface area (Å²) in [5.41, 5.74) is 0. The Balaban J connectivity index is 1.78. The van der Waals surface area contributed by atoms with E-state index in [9.17, 15) is 4.79 Å². The van der Waals surface area contributed by atoms with Crippen LogP contribution in [0.4, 0.5) is 0 Å². The van der Waals surface area contributed by atoms with E-state index in [1.54, 1.807) is 0 Å². The number of piperidine rings is 1. The number of carbonyl (C=O) groups is 1. The molecule has 2 heteroatoms. The highest BCUT2D eigenvalue weighted by Gasteiger charge is 2.20. The van der Waals surface area contributed by atoms with Crippen molar-refractivity contribution in [3.63, 3.8) is 0 Å². The molecule has 0 aromatic rings. The molecule has 0 aromatic carbocycles. The zero-order chi connectivity index (χ0) is 9.80. The Labute approximate surface area is 86.0 Å². The normalized spacial score (nSPS) is 26.9. The molecule has 2 aliphatic rings. The quantitative estimate of drug-likeness (QED) is 0.616. The van der Waals surface area contributed by atoms with Gasteiger partial charge in [-0.2, -0.15) is 0 Å². The average molecular weight is 193 g/mol. The summed E-state index contributed by atoms with van der Waals surface area (Å²) in [6.45, 7) is 1.99. The molecule has 0 aromatic heterocycles. The van der Waals surface area contributed by atoms with E-state index >= 15 is 0 Å². The van der Waals surface area contributed by atoms with E-state index in [2.05, 4.69) is 17.1 Å². The predicted octanol–water partition coefficient (Wildman–Crippen LogP) is 2.36. The van der Waals surface area contributed by atoms with Crippen molar-refractivity contribution in [2.45, 2.75) is 38.5 Å². The second-order valence-electron chi connectivity index (χ2n) is 4.41. The lowest BCUT2D eigenvalue weighted by Crippen LogP contribution is -2.36. The molecule has 1 aliphatic carbocycles. The van der Waals surface area contributed by atoms with Gasteiger partial charge in [-0.25, -0.2) is 0 Å². The summed E-state index contributed by atoms with van der Waals surface area (Å²) < 4.78 is 0. The minimum absolute atomic E-state index is 0.376. The van der Waals surface area contributed by atoms with Crippen molar-refractivity contribution in [2.24, 2.45) is 5.92 Å². The number of likely N-dealkylation sites (tertiary alicyclic amines) is 1. The van der Waals surface area contributed by atoms with Gasteiger partial charge in [0.2, 0.25) is 5.91 Å². The number of amides is 1. The van der Waals surface area contributed by atoms with Crippen molar-refractivity contribution >= 4 is 5.91 Å². The fourth-order valence-electron chi connectivity index (χ4n) is 2.36. The van der Waals surface area contributed by atoms with Gasteiger partial charge in [0.15, 0.2) is 0 Å². The molecule has 1 amide bonds. The molecular formula is C12H19NO. The summed E-state index contributed by atoms with van der Waals surface area (Å²) in [5.74, 6) is 0.908. The molecule has 1 heterocycles. The largest absolute Gasteiger partial charge is 0.343 e. The van der Waals surface area contributed by atoms with Gasteiger partial charge in [0.1, 0.15) is 0 Å². The van der Waals surface area contributed by atoms with Crippen LogP contribution in [0.3, 0.4) is 0 Å². The minimum atomic E-state index is 0.376. The van der Waals surface area contributed by atoms with Crippen LogP contribution in [0.15, 0.2) is 12.2 Å². The molecule has 0 saturated carbocycles. The first kappa shape index (κ1) is 9.75. The van der Waals surface area contributed by atoms with Crippen molar-refractivity contribution in [3.8, 4) is 0 Å². The maximum atomic E-state index is 11.8. The Morgan fingerprint density at radius 1 is 1.29 bits per heavy atom. The highest BCUT2D eigenvalue weighted by Crippen LogP contribution is 2.22. The third kappa shape index (κ3) is 2.37. The lowest BCUT2D eigenvalue weighted by molar-refractivity contribution is -0.132. The molecule has 0 spiro atoms. The molecule has 1 atom stereocenters. The van der Waals surface area contributed by atoms with E-state index in [0.717, 1.165) is 25.9 Å². The van der Waals surface area contributed by atoms with E-state index < -0.39 is 0 Å². The Morgan fingerprint density at radius 2 is 2.07 bits per heavy atom. The van der Waals surface area contributed by atoms with Crippen LogP contribution in [0.5, 0.6) is 0 Å². The summed E-state index contributed by atoms with van der Waals surface area (Å²) in [6.07, 6.45) is 11.2. The lowest BCUT2D eigenvalue weighted by Gasteiger charge is -2.27. The number of hydrogen-bond acceptors (Lipinski definition) is 1. The molecule has 1 saturated heterocycles. The number of allylic oxidation sites excluding steroid dienone is 2. The van der Waals surface area contributed by atoms with Gasteiger partial charge in [0.05, 0.1) is 0 Å². The molecule has 78 valence electrons. The molecule has 1 aliphatic heterocycles. The highest BCUT2D eigenvalue weighted by atomic mass is 16.2. The van der Waals surface area contributed by atoms with Crippen LogP contribution < -0.4 is 0 Å². The van der Waals surface area contributed by atoms with Gasteiger partial charge in [0.25, 0.3) is 0 Å². The second kappa shape index (κ2) is 4.63. The van der Waals surface area contributed by atoms with E-state index in [-0.39, 0.29) is 0 Å². The third-order valence-electron chi connectivity index (χ3n) is 3.26. The summed E-state index contributed by atoms with van der Waals surface area (Å²) in [4.78, 5) is 13.9. The highest BCUT2D eigenvalue weighted by molar-refractivity contribution is 5.76. The first-order chi connectivity index (χ1) is 6.86. The maximum absolute atomic E-state index is 11.8. The number of carbonyl (C=O) groups excluding carboxylic acids is 1. The van der Waals surface area contributed by atoms with Gasteiger partial charge in [-0.3, -0.25) is 4.79 Å². The van der Waals surface area contributed by atoms with Gasteiger partial charge in [-0.05, 0) is 38.0 Å². The van der Waals surface area contributed by atoms with Crippen LogP contribution in [0.2, 0.25) is 0 Å². The van der Waals surface area contributed by atoms with Gasteiger partial charge in [0, 0.05) is 19.5 Å². The van der Waals surface area contributed by atoms with Crippen molar-refractivity contribution in [1.82, 2.24) is 4.90 Å². The molecule has 2 rings (SSSR count). The Hall–Kier alpha value is -0.790. The smallest absolute Gasteiger partial charge is 0.223 e.